The molecule has 1 aliphatic heterocycles. The van der Waals surface area contributed by atoms with E-state index in [1.165, 1.54) is 18.2 Å². The summed E-state index contributed by atoms with van der Waals surface area (Å²) in [4.78, 5) is 11.9. The molecule has 88 valence electrons. The van der Waals surface area contributed by atoms with Gasteiger partial charge in [-0.1, -0.05) is 0 Å². The van der Waals surface area contributed by atoms with Crippen LogP contribution >= 0.6 is 0 Å². The lowest BCUT2D eigenvalue weighted by atomic mass is 10.00. The quantitative estimate of drug-likeness (QED) is 0.812. The molecule has 1 aliphatic rings. The highest BCUT2D eigenvalue weighted by molar-refractivity contribution is 5.83. The lowest BCUT2D eigenvalue weighted by Gasteiger charge is -2.22. The average Bonchev–Trinajstić information content (AvgIpc) is 2.33. The zero-order valence-corrected chi connectivity index (χ0v) is 9.24. The summed E-state index contributed by atoms with van der Waals surface area (Å²) in [7, 11) is 0. The van der Waals surface area contributed by atoms with E-state index in [0.717, 1.165) is 30.5 Å². The highest BCUT2D eigenvalue weighted by Gasteiger charge is 2.17. The molecule has 0 amide bonds. The van der Waals surface area contributed by atoms with Crippen LogP contribution in [0.4, 0.5) is 4.39 Å². The molecule has 0 unspecified atom stereocenters. The minimum Gasteiger partial charge on any atom is -0.390 e. The van der Waals surface area contributed by atoms with Crippen molar-refractivity contribution in [2.75, 3.05) is 0 Å². The van der Waals surface area contributed by atoms with Crippen molar-refractivity contribution in [3.63, 3.8) is 0 Å². The molecule has 2 heterocycles. The maximum atomic E-state index is 13.4. The van der Waals surface area contributed by atoms with E-state index in [9.17, 15) is 14.3 Å². The molecule has 0 fully saturated rings. The number of aromatic nitrogens is 1. The molecule has 0 spiro atoms. The molecule has 3 rings (SSSR count). The number of halogens is 1. The van der Waals surface area contributed by atoms with Gasteiger partial charge in [-0.2, -0.15) is 0 Å². The molecule has 0 atom stereocenters. The summed E-state index contributed by atoms with van der Waals surface area (Å²) in [6, 6.07) is 4.17. The highest BCUT2D eigenvalue weighted by atomic mass is 19.1. The fraction of sp³-hybridized carbons (Fsp3) is 0.308. The summed E-state index contributed by atoms with van der Waals surface area (Å²) in [6.07, 6.45) is 1.68. The number of pyridine rings is 1. The van der Waals surface area contributed by atoms with Crippen LogP contribution in [0.1, 0.15) is 17.7 Å². The molecule has 0 saturated carbocycles. The summed E-state index contributed by atoms with van der Waals surface area (Å²) in [5.74, 6) is -0.366. The van der Waals surface area contributed by atoms with Gasteiger partial charge in [0.25, 0.3) is 0 Å². The number of hydrogen-bond acceptors (Lipinski definition) is 2. The van der Waals surface area contributed by atoms with Crippen molar-refractivity contribution in [2.24, 2.45) is 0 Å². The number of aliphatic hydroxyl groups excluding tert-OH is 1. The molecule has 3 nitrogen and oxygen atoms in total. The lowest BCUT2D eigenvalue weighted by Crippen LogP contribution is -2.19. The second-order valence-corrected chi connectivity index (χ2v) is 4.37. The molecule has 4 heteroatoms. The van der Waals surface area contributed by atoms with Crippen molar-refractivity contribution in [2.45, 2.75) is 26.0 Å². The zero-order valence-electron chi connectivity index (χ0n) is 9.24. The van der Waals surface area contributed by atoms with Crippen molar-refractivity contribution in [3.05, 3.63) is 45.5 Å². The number of benzene rings is 1. The van der Waals surface area contributed by atoms with Crippen molar-refractivity contribution in [3.8, 4) is 0 Å². The molecule has 2 aromatic rings. The standard InChI is InChI=1S/C13H12FNO2/c14-9-4-8-2-1-3-15-10(7-16)6-12(17)11(5-9)13(8)15/h4-6,16H,1-3,7H2. The second-order valence-electron chi connectivity index (χ2n) is 4.37. The molecule has 1 aromatic heterocycles. The van der Waals surface area contributed by atoms with E-state index in [1.807, 2.05) is 4.57 Å². The molecule has 0 bridgehead atoms. The number of nitrogens with zero attached hydrogens (tertiary/aromatic N) is 1. The van der Waals surface area contributed by atoms with Gasteiger partial charge in [-0.05, 0) is 30.5 Å². The second kappa shape index (κ2) is 3.67. The van der Waals surface area contributed by atoms with E-state index in [2.05, 4.69) is 0 Å². The Labute approximate surface area is 97.1 Å². The fourth-order valence-electron chi connectivity index (χ4n) is 2.62. The Morgan fingerprint density at radius 1 is 1.35 bits per heavy atom. The van der Waals surface area contributed by atoms with Gasteiger partial charge in [0.05, 0.1) is 12.1 Å². The highest BCUT2D eigenvalue weighted by Crippen LogP contribution is 2.25. The monoisotopic (exact) mass is 233 g/mol. The van der Waals surface area contributed by atoms with Crippen LogP contribution in [0.2, 0.25) is 0 Å². The summed E-state index contributed by atoms with van der Waals surface area (Å²) in [5, 5.41) is 9.68. The number of hydrogen-bond donors (Lipinski definition) is 1. The minimum absolute atomic E-state index is 0.165. The number of rotatable bonds is 1. The third-order valence-corrected chi connectivity index (χ3v) is 3.32. The van der Waals surface area contributed by atoms with Gasteiger partial charge in [-0.15, -0.1) is 0 Å². The van der Waals surface area contributed by atoms with Crippen LogP contribution in [0.3, 0.4) is 0 Å². The van der Waals surface area contributed by atoms with Gasteiger partial charge in [-0.25, -0.2) is 4.39 Å². The lowest BCUT2D eigenvalue weighted by molar-refractivity contribution is 0.269. The van der Waals surface area contributed by atoms with Gasteiger partial charge < -0.3 is 9.67 Å². The Kier molecular flexibility index (Phi) is 2.26. The first-order valence-electron chi connectivity index (χ1n) is 5.66. The topological polar surface area (TPSA) is 42.2 Å². The van der Waals surface area contributed by atoms with E-state index in [-0.39, 0.29) is 17.9 Å². The summed E-state index contributed by atoms with van der Waals surface area (Å²) < 4.78 is 15.3. The Hall–Kier alpha value is -1.68. The molecule has 0 aliphatic carbocycles. The largest absolute Gasteiger partial charge is 0.390 e. The number of aliphatic hydroxyl groups is 1. The number of aryl methyl sites for hydroxylation is 2. The Morgan fingerprint density at radius 2 is 2.18 bits per heavy atom. The van der Waals surface area contributed by atoms with Gasteiger partial charge in [0.15, 0.2) is 5.43 Å². The molecular formula is C13H12FNO2. The van der Waals surface area contributed by atoms with Gasteiger partial charge in [0.1, 0.15) is 5.82 Å². The van der Waals surface area contributed by atoms with Crippen LogP contribution < -0.4 is 5.43 Å². The van der Waals surface area contributed by atoms with E-state index in [1.54, 1.807) is 0 Å². The van der Waals surface area contributed by atoms with Crippen molar-refractivity contribution >= 4 is 10.9 Å². The third kappa shape index (κ3) is 1.48. The van der Waals surface area contributed by atoms with Gasteiger partial charge in [0, 0.05) is 23.7 Å². The van der Waals surface area contributed by atoms with Gasteiger partial charge >= 0.3 is 0 Å². The first-order chi connectivity index (χ1) is 8.20. The molecule has 17 heavy (non-hydrogen) atoms. The van der Waals surface area contributed by atoms with Crippen molar-refractivity contribution in [1.29, 1.82) is 0 Å². The predicted octanol–water partition coefficient (Wildman–Crippen LogP) is 1.58. The SMILES string of the molecule is O=c1cc(CO)n2c3c(cc(F)cc13)CCC2. The molecule has 1 aromatic carbocycles. The predicted molar refractivity (Wildman–Crippen MR) is 62.4 cm³/mol. The van der Waals surface area contributed by atoms with Crippen LogP contribution in [-0.4, -0.2) is 9.67 Å². The van der Waals surface area contributed by atoms with E-state index < -0.39 is 0 Å². The molecule has 0 radical (unpaired) electrons. The summed E-state index contributed by atoms with van der Waals surface area (Å²) in [6.45, 7) is 0.604. The summed E-state index contributed by atoms with van der Waals surface area (Å²) in [5.41, 5.74) is 2.03. The minimum atomic E-state index is -0.366. The van der Waals surface area contributed by atoms with Crippen LogP contribution in [0.25, 0.3) is 10.9 Å². The summed E-state index contributed by atoms with van der Waals surface area (Å²) >= 11 is 0. The fourth-order valence-corrected chi connectivity index (χ4v) is 2.62. The average molecular weight is 233 g/mol. The molecule has 1 N–H and O–H groups in total. The Morgan fingerprint density at radius 3 is 2.94 bits per heavy atom. The Balaban J connectivity index is 2.52. The maximum Gasteiger partial charge on any atom is 0.189 e. The molecule has 0 saturated heterocycles. The van der Waals surface area contributed by atoms with Gasteiger partial charge in [0.2, 0.25) is 0 Å². The van der Waals surface area contributed by atoms with E-state index in [4.69, 9.17) is 0 Å². The van der Waals surface area contributed by atoms with E-state index >= 15 is 0 Å². The van der Waals surface area contributed by atoms with Crippen LogP contribution in [0.5, 0.6) is 0 Å². The maximum absolute atomic E-state index is 13.4. The normalized spacial score (nSPS) is 14.2. The van der Waals surface area contributed by atoms with Crippen molar-refractivity contribution < 1.29 is 9.50 Å². The Bertz CT molecular complexity index is 660. The van der Waals surface area contributed by atoms with Crippen LogP contribution in [-0.2, 0) is 19.6 Å². The van der Waals surface area contributed by atoms with Crippen LogP contribution in [0, 0.1) is 5.82 Å². The first-order valence-corrected chi connectivity index (χ1v) is 5.66. The molecular weight excluding hydrogens is 221 g/mol. The van der Waals surface area contributed by atoms with Crippen molar-refractivity contribution in [1.82, 2.24) is 4.57 Å². The van der Waals surface area contributed by atoms with E-state index in [0.29, 0.717) is 11.1 Å². The van der Waals surface area contributed by atoms with Gasteiger partial charge in [-0.3, -0.25) is 4.79 Å². The van der Waals surface area contributed by atoms with Crippen LogP contribution in [0.15, 0.2) is 23.0 Å². The smallest absolute Gasteiger partial charge is 0.189 e. The first kappa shape index (κ1) is 10.5. The third-order valence-electron chi connectivity index (χ3n) is 3.32. The zero-order chi connectivity index (χ0) is 12.0.